The molecule has 4 N–H and O–H groups in total. The number of amides is 2. The first-order chi connectivity index (χ1) is 9.58. The largest absolute Gasteiger partial charge is 0.477 e. The zero-order valence-electron chi connectivity index (χ0n) is 10.8. The second-order valence-electron chi connectivity index (χ2n) is 3.95. The summed E-state index contributed by atoms with van der Waals surface area (Å²) in [5.41, 5.74) is 0.582. The zero-order chi connectivity index (χ0) is 15.0. The van der Waals surface area contributed by atoms with Gasteiger partial charge in [-0.1, -0.05) is 6.07 Å². The maximum Gasteiger partial charge on any atom is 0.354 e. The average Bonchev–Trinajstić information content (AvgIpc) is 2.45. The van der Waals surface area contributed by atoms with Gasteiger partial charge in [0.15, 0.2) is 0 Å². The fourth-order valence-corrected chi connectivity index (χ4v) is 1.50. The highest BCUT2D eigenvalue weighted by atomic mass is 16.4. The van der Waals surface area contributed by atoms with E-state index in [1.807, 2.05) is 0 Å². The lowest BCUT2D eigenvalue weighted by molar-refractivity contribution is 0.0690. The quantitative estimate of drug-likeness (QED) is 0.523. The summed E-state index contributed by atoms with van der Waals surface area (Å²) in [7, 11) is 0. The molecule has 0 saturated heterocycles. The molecule has 2 amide bonds. The van der Waals surface area contributed by atoms with E-state index in [1.165, 1.54) is 17.2 Å². The summed E-state index contributed by atoms with van der Waals surface area (Å²) in [6, 6.07) is 2.48. The number of hydrogen-bond acceptors (Lipinski definition) is 5. The van der Waals surface area contributed by atoms with Gasteiger partial charge in [0.25, 0.3) is 0 Å². The van der Waals surface area contributed by atoms with Gasteiger partial charge in [-0.2, -0.15) is 0 Å². The Morgan fingerprint density at radius 2 is 1.85 bits per heavy atom. The van der Waals surface area contributed by atoms with Crippen LogP contribution in [0.15, 0.2) is 18.3 Å². The number of hydrogen-bond donors (Lipinski definition) is 4. The number of aromatic carboxylic acids is 1. The number of nitrogens with zero attached hydrogens (tertiary/aromatic N) is 2. The topological polar surface area (TPSA) is 123 Å². The Labute approximate surface area is 115 Å². The lowest BCUT2D eigenvalue weighted by Crippen LogP contribution is -2.42. The summed E-state index contributed by atoms with van der Waals surface area (Å²) in [6.07, 6.45) is 1.37. The van der Waals surface area contributed by atoms with Crippen LogP contribution < -0.4 is 5.32 Å². The molecule has 0 fully saturated rings. The summed E-state index contributed by atoms with van der Waals surface area (Å²) >= 11 is 0. The summed E-state index contributed by atoms with van der Waals surface area (Å²) < 4.78 is 0. The molecule has 8 nitrogen and oxygen atoms in total. The third-order valence-electron chi connectivity index (χ3n) is 2.51. The minimum atomic E-state index is -1.11. The van der Waals surface area contributed by atoms with Crippen molar-refractivity contribution in [3.05, 3.63) is 29.6 Å². The van der Waals surface area contributed by atoms with E-state index in [2.05, 4.69) is 10.3 Å². The maximum atomic E-state index is 11.7. The van der Waals surface area contributed by atoms with Gasteiger partial charge in [-0.05, 0) is 11.6 Å². The third-order valence-corrected chi connectivity index (χ3v) is 2.51. The van der Waals surface area contributed by atoms with E-state index in [4.69, 9.17) is 15.3 Å². The van der Waals surface area contributed by atoms with E-state index in [0.29, 0.717) is 5.56 Å². The van der Waals surface area contributed by atoms with Crippen molar-refractivity contribution >= 4 is 12.0 Å². The molecule has 1 aromatic heterocycles. The van der Waals surface area contributed by atoms with Gasteiger partial charge in [0.2, 0.25) is 0 Å². The SMILES string of the molecule is O=C(O)c1ccc(CNC(=O)N(CCO)CCO)cn1. The van der Waals surface area contributed by atoms with Crippen LogP contribution in [0.3, 0.4) is 0 Å². The fraction of sp³-hybridized carbons (Fsp3) is 0.417. The predicted molar refractivity (Wildman–Crippen MR) is 69.2 cm³/mol. The van der Waals surface area contributed by atoms with Crippen LogP contribution in [-0.4, -0.2) is 63.5 Å². The Kier molecular flexibility index (Phi) is 6.41. The minimum absolute atomic E-state index is 0.0673. The van der Waals surface area contributed by atoms with E-state index in [9.17, 15) is 9.59 Å². The standard InChI is InChI=1S/C12H17N3O5/c16-5-3-15(4-6-17)12(20)14-8-9-1-2-10(11(18)19)13-7-9/h1-2,7,16-17H,3-6,8H2,(H,14,20)(H,18,19). The van der Waals surface area contributed by atoms with Crippen LogP contribution in [0.1, 0.15) is 16.1 Å². The van der Waals surface area contributed by atoms with Gasteiger partial charge in [0, 0.05) is 25.8 Å². The van der Waals surface area contributed by atoms with Crippen LogP contribution in [0.5, 0.6) is 0 Å². The molecular formula is C12H17N3O5. The van der Waals surface area contributed by atoms with E-state index >= 15 is 0 Å². The van der Waals surface area contributed by atoms with Crippen molar-refractivity contribution in [1.82, 2.24) is 15.2 Å². The van der Waals surface area contributed by atoms with Crippen LogP contribution >= 0.6 is 0 Å². The van der Waals surface area contributed by atoms with E-state index in [1.54, 1.807) is 6.07 Å². The number of pyridine rings is 1. The first-order valence-corrected chi connectivity index (χ1v) is 6.01. The Morgan fingerprint density at radius 3 is 2.30 bits per heavy atom. The average molecular weight is 283 g/mol. The second-order valence-corrected chi connectivity index (χ2v) is 3.95. The van der Waals surface area contributed by atoms with Gasteiger partial charge >= 0.3 is 12.0 Å². The molecule has 1 aromatic rings. The molecule has 20 heavy (non-hydrogen) atoms. The molecule has 0 atom stereocenters. The first kappa shape index (κ1) is 15.9. The Hall–Kier alpha value is -2.19. The first-order valence-electron chi connectivity index (χ1n) is 6.01. The summed E-state index contributed by atoms with van der Waals surface area (Å²) in [5, 5.41) is 28.9. The monoisotopic (exact) mass is 283 g/mol. The fourth-order valence-electron chi connectivity index (χ4n) is 1.50. The van der Waals surface area contributed by atoms with Crippen LogP contribution in [-0.2, 0) is 6.54 Å². The molecule has 1 rings (SSSR count). The van der Waals surface area contributed by atoms with Gasteiger partial charge in [-0.15, -0.1) is 0 Å². The number of aliphatic hydroxyl groups is 2. The van der Waals surface area contributed by atoms with E-state index in [-0.39, 0.29) is 38.5 Å². The van der Waals surface area contributed by atoms with E-state index < -0.39 is 12.0 Å². The number of aliphatic hydroxyl groups excluding tert-OH is 2. The maximum absolute atomic E-state index is 11.7. The zero-order valence-corrected chi connectivity index (χ0v) is 10.8. The molecule has 0 aliphatic carbocycles. The molecule has 0 spiro atoms. The van der Waals surface area contributed by atoms with E-state index in [0.717, 1.165) is 0 Å². The van der Waals surface area contributed by atoms with Crippen molar-refractivity contribution in [2.24, 2.45) is 0 Å². The molecule has 1 heterocycles. The van der Waals surface area contributed by atoms with Crippen molar-refractivity contribution < 1.29 is 24.9 Å². The lowest BCUT2D eigenvalue weighted by Gasteiger charge is -2.21. The smallest absolute Gasteiger partial charge is 0.354 e. The molecule has 0 saturated carbocycles. The third kappa shape index (κ3) is 4.82. The summed E-state index contributed by atoms with van der Waals surface area (Å²) in [6.45, 7) is 0.0504. The number of carbonyl (C=O) groups is 2. The molecule has 0 aromatic carbocycles. The Balaban J connectivity index is 2.52. The van der Waals surface area contributed by atoms with Crippen LogP contribution in [0, 0.1) is 0 Å². The van der Waals surface area contributed by atoms with Crippen LogP contribution in [0.2, 0.25) is 0 Å². The Morgan fingerprint density at radius 1 is 1.20 bits per heavy atom. The van der Waals surface area contributed by atoms with Crippen molar-refractivity contribution in [2.75, 3.05) is 26.3 Å². The molecule has 0 aliphatic heterocycles. The summed E-state index contributed by atoms with van der Waals surface area (Å²) in [4.78, 5) is 27.4. The molecule has 0 unspecified atom stereocenters. The number of urea groups is 1. The normalized spacial score (nSPS) is 10.1. The van der Waals surface area contributed by atoms with Gasteiger partial charge in [-0.3, -0.25) is 0 Å². The highest BCUT2D eigenvalue weighted by Crippen LogP contribution is 2.00. The highest BCUT2D eigenvalue weighted by Gasteiger charge is 2.12. The molecule has 0 bridgehead atoms. The number of aromatic nitrogens is 1. The van der Waals surface area contributed by atoms with Crippen molar-refractivity contribution in [3.8, 4) is 0 Å². The minimum Gasteiger partial charge on any atom is -0.477 e. The number of rotatable bonds is 7. The van der Waals surface area contributed by atoms with Gasteiger partial charge in [-0.25, -0.2) is 14.6 Å². The summed E-state index contributed by atoms with van der Waals surface area (Å²) in [5.74, 6) is -1.11. The Bertz CT molecular complexity index is 443. The second kappa shape index (κ2) is 8.08. The predicted octanol–water partition coefficient (Wildman–Crippen LogP) is -0.724. The highest BCUT2D eigenvalue weighted by molar-refractivity contribution is 5.85. The van der Waals surface area contributed by atoms with Crippen molar-refractivity contribution in [1.29, 1.82) is 0 Å². The lowest BCUT2D eigenvalue weighted by atomic mass is 10.2. The number of carbonyl (C=O) groups excluding carboxylic acids is 1. The number of nitrogens with one attached hydrogen (secondary N) is 1. The van der Waals surface area contributed by atoms with Gasteiger partial charge in [0.1, 0.15) is 5.69 Å². The van der Waals surface area contributed by atoms with Gasteiger partial charge < -0.3 is 25.5 Å². The number of carboxylic acids is 1. The van der Waals surface area contributed by atoms with Gasteiger partial charge in [0.05, 0.1) is 13.2 Å². The van der Waals surface area contributed by atoms with Crippen molar-refractivity contribution in [3.63, 3.8) is 0 Å². The van der Waals surface area contributed by atoms with Crippen LogP contribution in [0.4, 0.5) is 4.79 Å². The molecule has 110 valence electrons. The molecule has 8 heteroatoms. The number of carboxylic acid groups (broad SMARTS) is 1. The molecule has 0 radical (unpaired) electrons. The van der Waals surface area contributed by atoms with Crippen molar-refractivity contribution in [2.45, 2.75) is 6.54 Å². The molecular weight excluding hydrogens is 266 g/mol. The molecule has 0 aliphatic rings. The van der Waals surface area contributed by atoms with Crippen LogP contribution in [0.25, 0.3) is 0 Å².